The minimum Gasteiger partial charge on any atom is -0.466 e. The van der Waals surface area contributed by atoms with E-state index in [0.717, 1.165) is 21.5 Å². The van der Waals surface area contributed by atoms with Crippen molar-refractivity contribution in [3.05, 3.63) is 60.2 Å². The number of fused-ring (bicyclic) bond motifs is 3. The third-order valence-electron chi connectivity index (χ3n) is 4.16. The fourth-order valence-electron chi connectivity index (χ4n) is 3.04. The minimum absolute atomic E-state index is 0.240. The Labute approximate surface area is 140 Å². The van der Waals surface area contributed by atoms with Crippen LogP contribution in [0, 0.1) is 0 Å². The molecule has 3 aromatic rings. The number of benzene rings is 3. The van der Waals surface area contributed by atoms with E-state index >= 15 is 0 Å². The van der Waals surface area contributed by atoms with Gasteiger partial charge in [-0.05, 0) is 40.1 Å². The molecule has 0 spiro atoms. The van der Waals surface area contributed by atoms with Crippen LogP contribution in [0.5, 0.6) is 0 Å². The first kappa shape index (κ1) is 16.4. The lowest BCUT2D eigenvalue weighted by atomic mass is 9.92. The number of hydrogen-bond donors (Lipinski definition) is 2. The van der Waals surface area contributed by atoms with Crippen molar-refractivity contribution < 1.29 is 19.7 Å². The van der Waals surface area contributed by atoms with Crippen LogP contribution in [0.15, 0.2) is 54.6 Å². The lowest BCUT2D eigenvalue weighted by molar-refractivity contribution is -0.147. The number of ether oxygens (including phenoxy) is 1. The highest BCUT2D eigenvalue weighted by molar-refractivity contribution is 6.09. The van der Waals surface area contributed by atoms with E-state index in [2.05, 4.69) is 0 Å². The summed E-state index contributed by atoms with van der Waals surface area (Å²) in [6.45, 7) is 1.96. The number of rotatable bonds is 5. The fraction of sp³-hybridized carbons (Fsp3) is 0.250. The fourth-order valence-corrected chi connectivity index (χ4v) is 3.04. The summed E-state index contributed by atoms with van der Waals surface area (Å²) in [4.78, 5) is 11.6. The molecule has 0 bridgehead atoms. The van der Waals surface area contributed by atoms with Crippen molar-refractivity contribution in [1.82, 2.24) is 0 Å². The maximum atomic E-state index is 11.6. The SMILES string of the molecule is CCOC(=O)CC(O)C(O)c1cc2ccccc2c2ccccc12. The zero-order valence-corrected chi connectivity index (χ0v) is 13.5. The van der Waals surface area contributed by atoms with Crippen LogP contribution < -0.4 is 0 Å². The van der Waals surface area contributed by atoms with Crippen LogP contribution in [0.4, 0.5) is 0 Å². The van der Waals surface area contributed by atoms with Gasteiger partial charge in [-0.1, -0.05) is 48.5 Å². The Kier molecular flexibility index (Phi) is 4.79. The summed E-state index contributed by atoms with van der Waals surface area (Å²) in [7, 11) is 0. The Bertz CT molecular complexity index is 872. The van der Waals surface area contributed by atoms with Gasteiger partial charge in [-0.3, -0.25) is 4.79 Å². The molecular weight excluding hydrogens is 304 g/mol. The first-order valence-electron chi connectivity index (χ1n) is 8.04. The minimum atomic E-state index is -1.21. The van der Waals surface area contributed by atoms with Crippen LogP contribution in [0.3, 0.4) is 0 Å². The number of hydrogen-bond acceptors (Lipinski definition) is 4. The van der Waals surface area contributed by atoms with Crippen LogP contribution >= 0.6 is 0 Å². The van der Waals surface area contributed by atoms with Gasteiger partial charge in [0.2, 0.25) is 0 Å². The maximum absolute atomic E-state index is 11.6. The molecule has 0 aliphatic carbocycles. The van der Waals surface area contributed by atoms with Crippen molar-refractivity contribution in [2.45, 2.75) is 25.6 Å². The molecule has 2 N–H and O–H groups in total. The number of esters is 1. The van der Waals surface area contributed by atoms with E-state index in [1.807, 2.05) is 54.6 Å². The summed E-state index contributed by atoms with van der Waals surface area (Å²) in [6.07, 6.45) is -2.62. The van der Waals surface area contributed by atoms with E-state index in [0.29, 0.717) is 5.56 Å². The summed E-state index contributed by atoms with van der Waals surface area (Å²) in [5.41, 5.74) is 0.612. The van der Waals surface area contributed by atoms with Gasteiger partial charge in [-0.25, -0.2) is 0 Å². The van der Waals surface area contributed by atoms with Gasteiger partial charge in [0.05, 0.1) is 19.1 Å². The number of aliphatic hydroxyl groups excluding tert-OH is 2. The molecule has 0 aliphatic rings. The predicted molar refractivity (Wildman–Crippen MR) is 93.7 cm³/mol. The van der Waals surface area contributed by atoms with Gasteiger partial charge in [0.1, 0.15) is 6.10 Å². The number of carbonyl (C=O) groups excluding carboxylic acids is 1. The molecule has 0 saturated heterocycles. The van der Waals surface area contributed by atoms with Crippen LogP contribution in [0.1, 0.15) is 25.0 Å². The first-order chi connectivity index (χ1) is 11.6. The smallest absolute Gasteiger partial charge is 0.308 e. The molecule has 0 saturated carbocycles. The third kappa shape index (κ3) is 3.11. The second-order valence-electron chi connectivity index (χ2n) is 5.75. The van der Waals surface area contributed by atoms with Gasteiger partial charge in [-0.15, -0.1) is 0 Å². The van der Waals surface area contributed by atoms with Gasteiger partial charge >= 0.3 is 5.97 Å². The van der Waals surface area contributed by atoms with E-state index in [1.54, 1.807) is 6.92 Å². The Hall–Kier alpha value is -2.43. The monoisotopic (exact) mass is 324 g/mol. The quantitative estimate of drug-likeness (QED) is 0.558. The lowest BCUT2D eigenvalue weighted by Gasteiger charge is -2.20. The van der Waals surface area contributed by atoms with Crippen molar-refractivity contribution in [3.8, 4) is 0 Å². The molecule has 3 aromatic carbocycles. The van der Waals surface area contributed by atoms with Crippen LogP contribution in [0.2, 0.25) is 0 Å². The van der Waals surface area contributed by atoms with Gasteiger partial charge in [-0.2, -0.15) is 0 Å². The van der Waals surface area contributed by atoms with Crippen molar-refractivity contribution in [1.29, 1.82) is 0 Å². The molecule has 124 valence electrons. The molecule has 0 amide bonds. The highest BCUT2D eigenvalue weighted by Crippen LogP contribution is 2.33. The molecule has 0 aromatic heterocycles. The Balaban J connectivity index is 2.05. The molecule has 0 heterocycles. The second kappa shape index (κ2) is 6.99. The van der Waals surface area contributed by atoms with Gasteiger partial charge in [0.15, 0.2) is 0 Å². The Morgan fingerprint density at radius 1 is 1.00 bits per heavy atom. The van der Waals surface area contributed by atoms with Crippen molar-refractivity contribution in [2.24, 2.45) is 0 Å². The number of aliphatic hydroxyl groups is 2. The highest BCUT2D eigenvalue weighted by atomic mass is 16.5. The topological polar surface area (TPSA) is 66.8 Å². The van der Waals surface area contributed by atoms with E-state index in [1.165, 1.54) is 0 Å². The molecule has 0 fully saturated rings. The zero-order chi connectivity index (χ0) is 17.1. The molecule has 3 rings (SSSR count). The Morgan fingerprint density at radius 2 is 1.62 bits per heavy atom. The lowest BCUT2D eigenvalue weighted by Crippen LogP contribution is -2.23. The molecule has 2 atom stereocenters. The average Bonchev–Trinajstić information content (AvgIpc) is 2.60. The summed E-state index contributed by atoms with van der Waals surface area (Å²) in [5, 5.41) is 24.8. The molecule has 0 aliphatic heterocycles. The normalized spacial score (nSPS) is 13.8. The highest BCUT2D eigenvalue weighted by Gasteiger charge is 2.24. The molecular formula is C20H20O4. The van der Waals surface area contributed by atoms with Crippen LogP contribution in [-0.2, 0) is 9.53 Å². The second-order valence-corrected chi connectivity index (χ2v) is 5.75. The van der Waals surface area contributed by atoms with Gasteiger partial charge < -0.3 is 14.9 Å². The molecule has 0 radical (unpaired) electrons. The molecule has 24 heavy (non-hydrogen) atoms. The van der Waals surface area contributed by atoms with Gasteiger partial charge in [0, 0.05) is 0 Å². The molecule has 4 nitrogen and oxygen atoms in total. The molecule has 4 heteroatoms. The van der Waals surface area contributed by atoms with Crippen molar-refractivity contribution in [3.63, 3.8) is 0 Å². The Morgan fingerprint density at radius 3 is 2.33 bits per heavy atom. The summed E-state index contributed by atoms with van der Waals surface area (Å²) in [5.74, 6) is -0.519. The average molecular weight is 324 g/mol. The van der Waals surface area contributed by atoms with E-state index in [4.69, 9.17) is 4.74 Å². The molecule has 2 unspecified atom stereocenters. The largest absolute Gasteiger partial charge is 0.466 e. The summed E-state index contributed by atoms with van der Waals surface area (Å²) >= 11 is 0. The first-order valence-corrected chi connectivity index (χ1v) is 8.04. The van der Waals surface area contributed by atoms with Crippen LogP contribution in [0.25, 0.3) is 21.5 Å². The number of carbonyl (C=O) groups is 1. The van der Waals surface area contributed by atoms with E-state index in [9.17, 15) is 15.0 Å². The van der Waals surface area contributed by atoms with Gasteiger partial charge in [0.25, 0.3) is 0 Å². The van der Waals surface area contributed by atoms with Crippen molar-refractivity contribution in [2.75, 3.05) is 6.61 Å². The van der Waals surface area contributed by atoms with Crippen LogP contribution in [-0.4, -0.2) is 28.9 Å². The van der Waals surface area contributed by atoms with Crippen molar-refractivity contribution >= 4 is 27.5 Å². The zero-order valence-electron chi connectivity index (χ0n) is 13.5. The van der Waals surface area contributed by atoms with E-state index < -0.39 is 18.2 Å². The predicted octanol–water partition coefficient (Wildman–Crippen LogP) is 3.34. The van der Waals surface area contributed by atoms with E-state index in [-0.39, 0.29) is 13.0 Å². The standard InChI is InChI=1S/C20H20O4/c1-2-24-19(22)12-18(21)20(23)17-11-13-7-3-4-8-14(13)15-9-5-6-10-16(15)17/h3-11,18,20-21,23H,2,12H2,1H3. The summed E-state index contributed by atoms with van der Waals surface area (Å²) in [6, 6.07) is 17.5. The maximum Gasteiger partial charge on any atom is 0.308 e. The summed E-state index contributed by atoms with van der Waals surface area (Å²) < 4.78 is 4.85. The third-order valence-corrected chi connectivity index (χ3v) is 4.16.